The molecule has 1 heterocycles. The monoisotopic (exact) mass is 412 g/mol. The predicted octanol–water partition coefficient (Wildman–Crippen LogP) is 2.01. The minimum atomic E-state index is -1.32. The summed E-state index contributed by atoms with van der Waals surface area (Å²) in [6.45, 7) is 7.36. The lowest BCUT2D eigenvalue weighted by Gasteiger charge is -2.45. The normalized spacial score (nSPS) is 31.4. The standard InChI is InChI=1S/C17H33BN2O4.2ClH/c1-16(2)6-9-20(10-7-16)12-14-4-3-13(5-8-18(23)24)11-17(14,19)15(21)22;;/h13-14,23-24H,3-12,19H2,1-2H3,(H,21,22);2*1H/t13-,14-,17+;;/m0../s1. The number of rotatable bonds is 6. The Bertz CT molecular complexity index is 446. The molecule has 26 heavy (non-hydrogen) atoms. The molecule has 2 fully saturated rings. The van der Waals surface area contributed by atoms with Gasteiger partial charge in [-0.3, -0.25) is 4.79 Å². The van der Waals surface area contributed by atoms with E-state index in [2.05, 4.69) is 18.7 Å². The van der Waals surface area contributed by atoms with Crippen LogP contribution in [0.25, 0.3) is 0 Å². The summed E-state index contributed by atoms with van der Waals surface area (Å²) in [5.74, 6) is -0.796. The number of halogens is 2. The van der Waals surface area contributed by atoms with E-state index in [1.165, 1.54) is 0 Å². The maximum absolute atomic E-state index is 11.9. The SMILES string of the molecule is CC1(C)CCN(C[C@@H]2CC[C@@H](CCB(O)O)C[C@]2(N)C(=O)O)CC1.Cl.Cl. The van der Waals surface area contributed by atoms with Crippen LogP contribution in [-0.2, 0) is 4.79 Å². The van der Waals surface area contributed by atoms with Crippen LogP contribution in [0.4, 0.5) is 0 Å². The number of nitrogens with two attached hydrogens (primary N) is 1. The van der Waals surface area contributed by atoms with Crippen molar-refractivity contribution in [1.29, 1.82) is 0 Å². The minimum Gasteiger partial charge on any atom is -0.480 e. The summed E-state index contributed by atoms with van der Waals surface area (Å²) in [4.78, 5) is 14.2. The smallest absolute Gasteiger partial charge is 0.451 e. The second kappa shape index (κ2) is 10.5. The van der Waals surface area contributed by atoms with Crippen LogP contribution < -0.4 is 5.73 Å². The van der Waals surface area contributed by atoms with Gasteiger partial charge in [-0.1, -0.05) is 20.3 Å². The summed E-state index contributed by atoms with van der Waals surface area (Å²) in [7, 11) is -1.32. The number of likely N-dealkylation sites (tertiary alicyclic amines) is 1. The van der Waals surface area contributed by atoms with Gasteiger partial charge in [-0.15, -0.1) is 24.8 Å². The molecular weight excluding hydrogens is 378 g/mol. The van der Waals surface area contributed by atoms with Crippen molar-refractivity contribution < 1.29 is 19.9 Å². The fourth-order valence-electron chi connectivity index (χ4n) is 4.24. The summed E-state index contributed by atoms with van der Waals surface area (Å²) >= 11 is 0. The van der Waals surface area contributed by atoms with Crippen LogP contribution in [0, 0.1) is 17.3 Å². The first-order chi connectivity index (χ1) is 11.1. The number of carbonyl (C=O) groups is 1. The minimum absolute atomic E-state index is 0. The topological polar surface area (TPSA) is 107 Å². The van der Waals surface area contributed by atoms with Gasteiger partial charge in [0.15, 0.2) is 0 Å². The van der Waals surface area contributed by atoms with Gasteiger partial charge in [0, 0.05) is 12.5 Å². The lowest BCUT2D eigenvalue weighted by molar-refractivity contribution is -0.148. The predicted molar refractivity (Wildman–Crippen MR) is 109 cm³/mol. The molecular formula is C17H35BCl2N2O4. The molecule has 0 aromatic heterocycles. The van der Waals surface area contributed by atoms with Crippen LogP contribution in [0.2, 0.25) is 6.32 Å². The summed E-state index contributed by atoms with van der Waals surface area (Å²) in [5.41, 5.74) is 5.54. The van der Waals surface area contributed by atoms with Crippen LogP contribution >= 0.6 is 24.8 Å². The Balaban J connectivity index is 0.00000312. The number of hydrogen-bond acceptors (Lipinski definition) is 5. The van der Waals surface area contributed by atoms with Gasteiger partial charge in [0.2, 0.25) is 0 Å². The highest BCUT2D eigenvalue weighted by molar-refractivity contribution is 6.40. The Morgan fingerprint density at radius 1 is 1.19 bits per heavy atom. The molecule has 0 aromatic rings. The lowest BCUT2D eigenvalue weighted by atomic mass is 9.66. The number of carboxylic acid groups (broad SMARTS) is 1. The first kappa shape index (κ1) is 26.0. The molecule has 9 heteroatoms. The van der Waals surface area contributed by atoms with Crippen molar-refractivity contribution in [3.63, 3.8) is 0 Å². The second-order valence-electron chi connectivity index (χ2n) is 8.71. The summed E-state index contributed by atoms with van der Waals surface area (Å²) in [5, 5.41) is 27.8. The van der Waals surface area contributed by atoms with Crippen molar-refractivity contribution >= 4 is 37.9 Å². The molecule has 0 spiro atoms. The first-order valence-electron chi connectivity index (χ1n) is 9.23. The fourth-order valence-corrected chi connectivity index (χ4v) is 4.24. The van der Waals surface area contributed by atoms with E-state index in [1.807, 2.05) is 0 Å². The van der Waals surface area contributed by atoms with Crippen molar-refractivity contribution in [2.24, 2.45) is 23.0 Å². The van der Waals surface area contributed by atoms with E-state index in [4.69, 9.17) is 15.8 Å². The molecule has 1 saturated carbocycles. The van der Waals surface area contributed by atoms with E-state index in [9.17, 15) is 9.90 Å². The molecule has 1 aliphatic heterocycles. The van der Waals surface area contributed by atoms with E-state index in [-0.39, 0.29) is 43.0 Å². The van der Waals surface area contributed by atoms with Crippen LogP contribution in [0.5, 0.6) is 0 Å². The van der Waals surface area contributed by atoms with Crippen molar-refractivity contribution in [3.8, 4) is 0 Å². The molecule has 154 valence electrons. The van der Waals surface area contributed by atoms with Gasteiger partial charge in [-0.2, -0.15) is 0 Å². The maximum atomic E-state index is 11.9. The quantitative estimate of drug-likeness (QED) is 0.497. The van der Waals surface area contributed by atoms with E-state index in [0.717, 1.165) is 45.3 Å². The Kier molecular flexibility index (Phi) is 10.5. The molecule has 3 atom stereocenters. The number of hydrogen-bond donors (Lipinski definition) is 4. The van der Waals surface area contributed by atoms with Crippen molar-refractivity contribution in [1.82, 2.24) is 4.90 Å². The zero-order valence-electron chi connectivity index (χ0n) is 15.9. The van der Waals surface area contributed by atoms with Gasteiger partial charge in [-0.25, -0.2) is 0 Å². The Morgan fingerprint density at radius 2 is 1.77 bits per heavy atom. The van der Waals surface area contributed by atoms with Gasteiger partial charge >= 0.3 is 13.1 Å². The van der Waals surface area contributed by atoms with Crippen molar-refractivity contribution in [3.05, 3.63) is 0 Å². The maximum Gasteiger partial charge on any atom is 0.451 e. The zero-order chi connectivity index (χ0) is 18.0. The molecule has 0 bridgehead atoms. The summed E-state index contributed by atoms with van der Waals surface area (Å²) in [6.07, 6.45) is 5.33. The average molecular weight is 413 g/mol. The molecule has 1 aliphatic carbocycles. The van der Waals surface area contributed by atoms with Crippen LogP contribution in [0.1, 0.15) is 52.4 Å². The van der Waals surface area contributed by atoms with E-state index >= 15 is 0 Å². The third kappa shape index (κ3) is 6.84. The molecule has 2 aliphatic rings. The number of piperidine rings is 1. The molecule has 6 nitrogen and oxygen atoms in total. The molecule has 0 unspecified atom stereocenters. The van der Waals surface area contributed by atoms with E-state index in [1.54, 1.807) is 0 Å². The largest absolute Gasteiger partial charge is 0.480 e. The molecule has 0 radical (unpaired) electrons. The molecule has 0 amide bonds. The van der Waals surface area contributed by atoms with Gasteiger partial charge < -0.3 is 25.8 Å². The molecule has 1 saturated heterocycles. The van der Waals surface area contributed by atoms with Gasteiger partial charge in [0.05, 0.1) is 0 Å². The van der Waals surface area contributed by atoms with Crippen LogP contribution in [0.15, 0.2) is 0 Å². The highest BCUT2D eigenvalue weighted by atomic mass is 35.5. The van der Waals surface area contributed by atoms with Crippen LogP contribution in [0.3, 0.4) is 0 Å². The molecule has 5 N–H and O–H groups in total. The average Bonchev–Trinajstić information content (AvgIpc) is 2.49. The second-order valence-corrected chi connectivity index (χ2v) is 8.71. The number of nitrogens with zero attached hydrogens (tertiary/aromatic N) is 1. The highest BCUT2D eigenvalue weighted by Gasteiger charge is 2.47. The van der Waals surface area contributed by atoms with E-state index in [0.29, 0.717) is 18.3 Å². The van der Waals surface area contributed by atoms with Crippen LogP contribution in [-0.4, -0.2) is 58.3 Å². The highest BCUT2D eigenvalue weighted by Crippen LogP contribution is 2.39. The summed E-state index contributed by atoms with van der Waals surface area (Å²) < 4.78 is 0. The number of carboxylic acids is 1. The van der Waals surface area contributed by atoms with Crippen molar-refractivity contribution in [2.45, 2.75) is 64.2 Å². The van der Waals surface area contributed by atoms with Gasteiger partial charge in [0.25, 0.3) is 0 Å². The zero-order valence-corrected chi connectivity index (χ0v) is 17.5. The Morgan fingerprint density at radius 3 is 2.27 bits per heavy atom. The van der Waals surface area contributed by atoms with Gasteiger partial charge in [0.1, 0.15) is 5.54 Å². The summed E-state index contributed by atoms with van der Waals surface area (Å²) in [6, 6.07) is 0. The van der Waals surface area contributed by atoms with Gasteiger partial charge in [-0.05, 0) is 62.8 Å². The fraction of sp³-hybridized carbons (Fsp3) is 0.941. The molecule has 2 rings (SSSR count). The third-order valence-corrected chi connectivity index (χ3v) is 6.20. The number of aliphatic carboxylic acids is 1. The Labute approximate surface area is 169 Å². The Hall–Kier alpha value is -0.0451. The molecule has 0 aromatic carbocycles. The van der Waals surface area contributed by atoms with E-state index < -0.39 is 18.6 Å². The third-order valence-electron chi connectivity index (χ3n) is 6.20. The first-order valence-corrected chi connectivity index (χ1v) is 9.23. The lowest BCUT2D eigenvalue weighted by Crippen LogP contribution is -2.60. The van der Waals surface area contributed by atoms with Crippen molar-refractivity contribution in [2.75, 3.05) is 19.6 Å².